The molecular weight excluding hydrogens is 324 g/mol. The number of urea groups is 1. The van der Waals surface area contributed by atoms with Crippen molar-refractivity contribution in [1.82, 2.24) is 10.6 Å². The maximum absolute atomic E-state index is 11.6. The summed E-state index contributed by atoms with van der Waals surface area (Å²) in [6.45, 7) is 2.45. The van der Waals surface area contributed by atoms with Crippen LogP contribution in [-0.4, -0.2) is 46.5 Å². The quantitative estimate of drug-likeness (QED) is 0.547. The van der Waals surface area contributed by atoms with E-state index in [1.54, 1.807) is 19.1 Å². The van der Waals surface area contributed by atoms with Gasteiger partial charge in [-0.15, -0.1) is 0 Å². The third kappa shape index (κ3) is 8.51. The number of sulfonamides is 1. The van der Waals surface area contributed by atoms with Crippen molar-refractivity contribution in [2.45, 2.75) is 6.92 Å². The molecule has 1 aromatic rings. The van der Waals surface area contributed by atoms with Gasteiger partial charge in [0.15, 0.2) is 0 Å². The first-order valence-corrected chi connectivity index (χ1v) is 8.72. The molecule has 9 nitrogen and oxygen atoms in total. The summed E-state index contributed by atoms with van der Waals surface area (Å²) >= 11 is 0. The number of hydrogen-bond donors (Lipinski definition) is 4. The van der Waals surface area contributed by atoms with E-state index in [2.05, 4.69) is 25.4 Å². The first-order valence-electron chi connectivity index (χ1n) is 6.83. The summed E-state index contributed by atoms with van der Waals surface area (Å²) in [7, 11) is -3.33. The smallest absolute Gasteiger partial charge is 0.407 e. The molecule has 4 N–H and O–H groups in total. The second-order valence-corrected chi connectivity index (χ2v) is 6.23. The van der Waals surface area contributed by atoms with Crippen LogP contribution in [0.15, 0.2) is 24.3 Å². The normalized spacial score (nSPS) is 10.5. The minimum atomic E-state index is -3.33. The maximum atomic E-state index is 11.6. The van der Waals surface area contributed by atoms with Crippen LogP contribution in [0.2, 0.25) is 0 Å². The van der Waals surface area contributed by atoms with E-state index in [-0.39, 0.29) is 19.7 Å². The molecule has 0 aromatic heterocycles. The maximum Gasteiger partial charge on any atom is 0.407 e. The van der Waals surface area contributed by atoms with Gasteiger partial charge in [-0.25, -0.2) is 18.0 Å². The third-order valence-corrected chi connectivity index (χ3v) is 3.01. The van der Waals surface area contributed by atoms with Crippen LogP contribution in [0.4, 0.5) is 21.0 Å². The fourth-order valence-corrected chi connectivity index (χ4v) is 2.10. The molecule has 128 valence electrons. The average molecular weight is 344 g/mol. The van der Waals surface area contributed by atoms with Crippen molar-refractivity contribution in [3.63, 3.8) is 0 Å². The topological polar surface area (TPSA) is 126 Å². The van der Waals surface area contributed by atoms with Crippen molar-refractivity contribution in [2.24, 2.45) is 0 Å². The van der Waals surface area contributed by atoms with Crippen molar-refractivity contribution in [3.05, 3.63) is 24.3 Å². The monoisotopic (exact) mass is 344 g/mol. The van der Waals surface area contributed by atoms with Crippen molar-refractivity contribution < 1.29 is 22.7 Å². The lowest BCUT2D eigenvalue weighted by Crippen LogP contribution is -2.37. The molecule has 0 radical (unpaired) electrons. The van der Waals surface area contributed by atoms with Gasteiger partial charge >= 0.3 is 12.1 Å². The minimum absolute atomic E-state index is 0.234. The predicted octanol–water partition coefficient (Wildman–Crippen LogP) is 0.926. The highest BCUT2D eigenvalue weighted by Crippen LogP contribution is 2.14. The van der Waals surface area contributed by atoms with Crippen molar-refractivity contribution in [2.75, 3.05) is 36.0 Å². The van der Waals surface area contributed by atoms with Crippen molar-refractivity contribution >= 4 is 33.5 Å². The van der Waals surface area contributed by atoms with Crippen molar-refractivity contribution in [1.29, 1.82) is 0 Å². The first-order chi connectivity index (χ1) is 10.8. The molecule has 0 spiro atoms. The summed E-state index contributed by atoms with van der Waals surface area (Å²) in [5.74, 6) is 0. The highest BCUT2D eigenvalue weighted by molar-refractivity contribution is 7.92. The van der Waals surface area contributed by atoms with E-state index in [4.69, 9.17) is 0 Å². The number of ether oxygens (including phenoxy) is 1. The van der Waals surface area contributed by atoms with Crippen LogP contribution in [0.3, 0.4) is 0 Å². The number of alkyl carbamates (subject to hydrolysis) is 1. The molecule has 23 heavy (non-hydrogen) atoms. The van der Waals surface area contributed by atoms with E-state index in [0.29, 0.717) is 11.4 Å². The van der Waals surface area contributed by atoms with Crippen LogP contribution >= 0.6 is 0 Å². The Bertz CT molecular complexity index is 630. The van der Waals surface area contributed by atoms with Gasteiger partial charge in [-0.3, -0.25) is 4.72 Å². The van der Waals surface area contributed by atoms with Gasteiger partial charge in [-0.1, -0.05) is 0 Å². The second kappa shape index (κ2) is 8.83. The summed E-state index contributed by atoms with van der Waals surface area (Å²) in [6.07, 6.45) is 0.514. The lowest BCUT2D eigenvalue weighted by Gasteiger charge is -2.09. The number of amides is 3. The third-order valence-electron chi connectivity index (χ3n) is 2.40. The molecule has 0 saturated heterocycles. The van der Waals surface area contributed by atoms with Gasteiger partial charge in [0.2, 0.25) is 10.0 Å². The minimum Gasteiger partial charge on any atom is -0.450 e. The Balaban J connectivity index is 2.33. The highest BCUT2D eigenvalue weighted by Gasteiger charge is 2.04. The summed E-state index contributed by atoms with van der Waals surface area (Å²) in [5.41, 5.74) is 0.900. The highest BCUT2D eigenvalue weighted by atomic mass is 32.2. The molecule has 1 rings (SSSR count). The van der Waals surface area contributed by atoms with Crippen LogP contribution in [-0.2, 0) is 14.8 Å². The molecule has 0 aliphatic carbocycles. The summed E-state index contributed by atoms with van der Waals surface area (Å²) in [4.78, 5) is 22.6. The zero-order chi connectivity index (χ0) is 17.3. The van der Waals surface area contributed by atoms with Crippen molar-refractivity contribution in [3.8, 4) is 0 Å². The molecule has 0 aliphatic heterocycles. The zero-order valence-corrected chi connectivity index (χ0v) is 13.7. The molecule has 0 saturated carbocycles. The van der Waals surface area contributed by atoms with E-state index < -0.39 is 22.1 Å². The molecule has 0 heterocycles. The number of nitrogens with one attached hydrogen (secondary N) is 4. The number of benzene rings is 1. The van der Waals surface area contributed by atoms with Gasteiger partial charge in [0.1, 0.15) is 0 Å². The number of hydrogen-bond acceptors (Lipinski definition) is 5. The van der Waals surface area contributed by atoms with Crippen LogP contribution in [0.5, 0.6) is 0 Å². The Morgan fingerprint density at radius 2 is 1.61 bits per heavy atom. The van der Waals surface area contributed by atoms with Crippen LogP contribution in [0.1, 0.15) is 6.92 Å². The molecular formula is C13H20N4O5S. The molecule has 0 fully saturated rings. The van der Waals surface area contributed by atoms with E-state index in [9.17, 15) is 18.0 Å². The molecule has 1 aromatic carbocycles. The van der Waals surface area contributed by atoms with E-state index in [1.165, 1.54) is 12.1 Å². The van der Waals surface area contributed by atoms with E-state index in [1.807, 2.05) is 0 Å². The Labute approximate surface area is 134 Å². The fourth-order valence-electron chi connectivity index (χ4n) is 1.53. The lowest BCUT2D eigenvalue weighted by atomic mass is 10.3. The van der Waals surface area contributed by atoms with Gasteiger partial charge in [-0.2, -0.15) is 0 Å². The molecule has 3 amide bonds. The van der Waals surface area contributed by atoms with Gasteiger partial charge < -0.3 is 20.7 Å². The first kappa shape index (κ1) is 18.6. The van der Waals surface area contributed by atoms with Gasteiger partial charge in [0, 0.05) is 24.5 Å². The fraction of sp³-hybridized carbons (Fsp3) is 0.385. The summed E-state index contributed by atoms with van der Waals surface area (Å²) in [5, 5.41) is 7.59. The van der Waals surface area contributed by atoms with Crippen LogP contribution in [0, 0.1) is 0 Å². The molecule has 10 heteroatoms. The van der Waals surface area contributed by atoms with Crippen LogP contribution < -0.4 is 20.7 Å². The van der Waals surface area contributed by atoms with E-state index in [0.717, 1.165) is 6.26 Å². The standard InChI is InChI=1S/C13H20N4O5S/c1-3-22-13(19)15-9-8-14-12(18)16-10-4-6-11(7-5-10)17-23(2,20)21/h4-7,17H,3,8-9H2,1-2H3,(H,15,19)(H2,14,16,18). The zero-order valence-electron chi connectivity index (χ0n) is 12.9. The summed E-state index contributed by atoms with van der Waals surface area (Å²) in [6, 6.07) is 5.73. The molecule has 0 aliphatic rings. The van der Waals surface area contributed by atoms with E-state index >= 15 is 0 Å². The van der Waals surface area contributed by atoms with Crippen LogP contribution in [0.25, 0.3) is 0 Å². The largest absolute Gasteiger partial charge is 0.450 e. The summed E-state index contributed by atoms with van der Waals surface area (Å²) < 4.78 is 29.1. The number of carbonyl (C=O) groups is 2. The Morgan fingerprint density at radius 1 is 1.04 bits per heavy atom. The molecule has 0 bridgehead atoms. The SMILES string of the molecule is CCOC(=O)NCCNC(=O)Nc1ccc(NS(C)(=O)=O)cc1. The average Bonchev–Trinajstić information content (AvgIpc) is 2.44. The van der Waals surface area contributed by atoms with Gasteiger partial charge in [-0.05, 0) is 31.2 Å². The predicted molar refractivity (Wildman–Crippen MR) is 87.0 cm³/mol. The molecule has 0 atom stereocenters. The Morgan fingerprint density at radius 3 is 2.17 bits per heavy atom. The number of anilines is 2. The Kier molecular flexibility index (Phi) is 7.13. The number of rotatable bonds is 7. The van der Waals surface area contributed by atoms with Gasteiger partial charge in [0.25, 0.3) is 0 Å². The Hall–Kier alpha value is -2.49. The lowest BCUT2D eigenvalue weighted by molar-refractivity contribution is 0.152. The molecule has 0 unspecified atom stereocenters. The second-order valence-electron chi connectivity index (χ2n) is 4.48. The number of carbonyl (C=O) groups excluding carboxylic acids is 2. The van der Waals surface area contributed by atoms with Gasteiger partial charge in [0.05, 0.1) is 12.9 Å².